The maximum absolute atomic E-state index is 10.8. The van der Waals surface area contributed by atoms with Crippen molar-refractivity contribution in [2.75, 3.05) is 12.4 Å². The van der Waals surface area contributed by atoms with Gasteiger partial charge in [-0.25, -0.2) is 0 Å². The summed E-state index contributed by atoms with van der Waals surface area (Å²) in [5, 5.41) is 10.2. The van der Waals surface area contributed by atoms with Crippen LogP contribution in [0.1, 0.15) is 15.9 Å². The van der Waals surface area contributed by atoms with Crippen molar-refractivity contribution < 1.29 is 14.6 Å². The van der Waals surface area contributed by atoms with E-state index in [1.807, 2.05) is 6.08 Å². The summed E-state index contributed by atoms with van der Waals surface area (Å²) < 4.78 is 4.90. The van der Waals surface area contributed by atoms with E-state index in [1.54, 1.807) is 6.08 Å². The molecule has 0 bridgehead atoms. The predicted octanol–water partition coefficient (Wildman–Crippen LogP) is 2.62. The molecule has 0 aromatic heterocycles. The highest BCUT2D eigenvalue weighted by Crippen LogP contribution is 2.29. The molecule has 0 radical (unpaired) electrons. The zero-order valence-corrected chi connectivity index (χ0v) is 9.82. The van der Waals surface area contributed by atoms with Gasteiger partial charge in [0.15, 0.2) is 17.8 Å². The van der Waals surface area contributed by atoms with Gasteiger partial charge in [0.25, 0.3) is 0 Å². The lowest BCUT2D eigenvalue weighted by Crippen LogP contribution is -1.90. The Morgan fingerprint density at radius 1 is 1.47 bits per heavy atom. The largest absolute Gasteiger partial charge is 0.504 e. The van der Waals surface area contributed by atoms with Gasteiger partial charge < -0.3 is 9.84 Å². The Labute approximate surface area is 96.5 Å². The molecule has 0 fully saturated rings. The van der Waals surface area contributed by atoms with Crippen molar-refractivity contribution in [2.45, 2.75) is 0 Å². The van der Waals surface area contributed by atoms with Crippen LogP contribution in [0.15, 0.2) is 18.2 Å². The molecule has 3 nitrogen and oxygen atoms in total. The first-order valence-electron chi connectivity index (χ1n) is 4.31. The first-order chi connectivity index (χ1) is 7.22. The number of rotatable bonds is 4. The Morgan fingerprint density at radius 3 is 2.73 bits per heavy atom. The van der Waals surface area contributed by atoms with E-state index in [2.05, 4.69) is 15.9 Å². The van der Waals surface area contributed by atoms with Crippen LogP contribution in [0, 0.1) is 0 Å². The van der Waals surface area contributed by atoms with Crippen LogP contribution < -0.4 is 4.74 Å². The summed E-state index contributed by atoms with van der Waals surface area (Å²) in [6.07, 6.45) is 4.34. The Morgan fingerprint density at radius 2 is 2.20 bits per heavy atom. The molecule has 0 heterocycles. The van der Waals surface area contributed by atoms with E-state index in [-0.39, 0.29) is 5.75 Å². The lowest BCUT2D eigenvalue weighted by molar-refractivity contribution is 0.112. The normalized spacial score (nSPS) is 10.5. The minimum atomic E-state index is 0.0253. The third kappa shape index (κ3) is 2.83. The number of methoxy groups -OCH3 is 1. The number of phenols is 1. The highest BCUT2D eigenvalue weighted by molar-refractivity contribution is 9.09. The quantitative estimate of drug-likeness (QED) is 0.676. The summed E-state index contributed by atoms with van der Waals surface area (Å²) in [5.41, 5.74) is 1.16. The molecular weight excluding hydrogens is 260 g/mol. The van der Waals surface area contributed by atoms with Gasteiger partial charge in [-0.15, -0.1) is 0 Å². The molecule has 15 heavy (non-hydrogen) atoms. The number of carbonyl (C=O) groups is 1. The topological polar surface area (TPSA) is 46.5 Å². The Bertz CT molecular complexity index is 386. The van der Waals surface area contributed by atoms with Gasteiger partial charge in [0.1, 0.15) is 0 Å². The number of carbonyl (C=O) groups excluding carboxylic acids is 1. The van der Waals surface area contributed by atoms with Crippen molar-refractivity contribution in [3.8, 4) is 11.5 Å². The lowest BCUT2D eigenvalue weighted by atomic mass is 10.1. The fourth-order valence-electron chi connectivity index (χ4n) is 1.18. The molecule has 0 atom stereocenters. The fourth-order valence-corrected chi connectivity index (χ4v) is 1.37. The fraction of sp³-hybridized carbons (Fsp3) is 0.182. The van der Waals surface area contributed by atoms with Gasteiger partial charge in [-0.1, -0.05) is 28.1 Å². The zero-order chi connectivity index (χ0) is 11.3. The Balaban J connectivity index is 3.21. The van der Waals surface area contributed by atoms with Crippen LogP contribution in [0.3, 0.4) is 0 Å². The summed E-state index contributed by atoms with van der Waals surface area (Å²) in [6, 6.07) is 3.01. The Kier molecular flexibility index (Phi) is 4.37. The third-order valence-electron chi connectivity index (χ3n) is 1.90. The molecule has 1 aromatic carbocycles. The molecule has 0 aliphatic heterocycles. The summed E-state index contributed by atoms with van der Waals surface area (Å²) in [6.45, 7) is 0. The number of aldehydes is 1. The van der Waals surface area contributed by atoms with Crippen molar-refractivity contribution in [1.82, 2.24) is 0 Å². The van der Waals surface area contributed by atoms with E-state index in [0.717, 1.165) is 6.29 Å². The zero-order valence-electron chi connectivity index (χ0n) is 8.24. The van der Waals surface area contributed by atoms with Gasteiger partial charge in [-0.05, 0) is 17.7 Å². The number of allylic oxidation sites excluding steroid dienone is 1. The molecule has 0 saturated heterocycles. The molecule has 0 unspecified atom stereocenters. The van der Waals surface area contributed by atoms with Crippen molar-refractivity contribution >= 4 is 28.3 Å². The van der Waals surface area contributed by atoms with Crippen molar-refractivity contribution in [3.05, 3.63) is 29.3 Å². The molecule has 0 aliphatic carbocycles. The van der Waals surface area contributed by atoms with Gasteiger partial charge in [-0.2, -0.15) is 0 Å². The van der Waals surface area contributed by atoms with Crippen molar-refractivity contribution in [2.24, 2.45) is 0 Å². The van der Waals surface area contributed by atoms with Crippen LogP contribution in [0.25, 0.3) is 6.08 Å². The first-order valence-corrected chi connectivity index (χ1v) is 5.43. The van der Waals surface area contributed by atoms with Crippen LogP contribution in [-0.4, -0.2) is 23.8 Å². The minimum absolute atomic E-state index is 0.0253. The summed E-state index contributed by atoms with van der Waals surface area (Å²) >= 11 is 3.24. The second-order valence-electron chi connectivity index (χ2n) is 2.83. The van der Waals surface area contributed by atoms with Gasteiger partial charge in [0.2, 0.25) is 0 Å². The number of alkyl halides is 1. The molecule has 0 spiro atoms. The highest BCUT2D eigenvalue weighted by atomic mass is 79.9. The molecule has 4 heteroatoms. The molecule has 1 N–H and O–H groups in total. The maximum Gasteiger partial charge on any atom is 0.161 e. The second-order valence-corrected chi connectivity index (χ2v) is 3.47. The molecule has 0 saturated carbocycles. The van der Waals surface area contributed by atoms with Crippen LogP contribution in [0.4, 0.5) is 0 Å². The number of halogens is 1. The number of benzene rings is 1. The molecule has 1 rings (SSSR count). The molecule has 80 valence electrons. The molecule has 1 aromatic rings. The van der Waals surface area contributed by atoms with E-state index in [4.69, 9.17) is 4.74 Å². The van der Waals surface area contributed by atoms with E-state index in [1.165, 1.54) is 19.2 Å². The average molecular weight is 271 g/mol. The van der Waals surface area contributed by atoms with E-state index in [0.29, 0.717) is 22.2 Å². The van der Waals surface area contributed by atoms with Gasteiger partial charge >= 0.3 is 0 Å². The van der Waals surface area contributed by atoms with Crippen LogP contribution in [0.5, 0.6) is 11.5 Å². The number of aromatic hydroxyl groups is 1. The first kappa shape index (κ1) is 11.8. The van der Waals surface area contributed by atoms with Crippen molar-refractivity contribution in [1.29, 1.82) is 0 Å². The van der Waals surface area contributed by atoms with Crippen molar-refractivity contribution in [3.63, 3.8) is 0 Å². The van der Waals surface area contributed by atoms with Gasteiger partial charge in [0, 0.05) is 10.9 Å². The SMILES string of the molecule is COc1cc(C=O)c(C=CCBr)cc1O. The predicted molar refractivity (Wildman–Crippen MR) is 62.9 cm³/mol. The monoisotopic (exact) mass is 270 g/mol. The smallest absolute Gasteiger partial charge is 0.161 e. The number of ether oxygens (including phenoxy) is 1. The van der Waals surface area contributed by atoms with Crippen LogP contribution in [0.2, 0.25) is 0 Å². The van der Waals surface area contributed by atoms with E-state index in [9.17, 15) is 9.90 Å². The molecular formula is C11H11BrO3. The van der Waals surface area contributed by atoms with E-state index >= 15 is 0 Å². The number of hydrogen-bond acceptors (Lipinski definition) is 3. The van der Waals surface area contributed by atoms with Crippen LogP contribution >= 0.6 is 15.9 Å². The van der Waals surface area contributed by atoms with Gasteiger partial charge in [0.05, 0.1) is 7.11 Å². The molecule has 0 aliphatic rings. The maximum atomic E-state index is 10.8. The Hall–Kier alpha value is -1.29. The van der Waals surface area contributed by atoms with E-state index < -0.39 is 0 Å². The standard InChI is InChI=1S/C11H11BrO3/c1-15-11-6-9(7-13)8(3-2-4-12)5-10(11)14/h2-3,5-7,14H,4H2,1H3. The van der Waals surface area contributed by atoms with Gasteiger partial charge in [-0.3, -0.25) is 4.79 Å². The summed E-state index contributed by atoms with van der Waals surface area (Å²) in [4.78, 5) is 10.8. The molecule has 0 amide bonds. The average Bonchev–Trinajstić information content (AvgIpc) is 2.26. The second kappa shape index (κ2) is 5.56. The number of hydrogen-bond donors (Lipinski definition) is 1. The third-order valence-corrected chi connectivity index (χ3v) is 2.27. The van der Waals surface area contributed by atoms with Crippen LogP contribution in [-0.2, 0) is 0 Å². The lowest BCUT2D eigenvalue weighted by Gasteiger charge is -2.06. The number of phenolic OH excluding ortho intramolecular Hbond substituents is 1. The highest BCUT2D eigenvalue weighted by Gasteiger charge is 2.06. The summed E-state index contributed by atoms with van der Waals surface area (Å²) in [7, 11) is 1.44. The summed E-state index contributed by atoms with van der Waals surface area (Å²) in [5.74, 6) is 0.324. The minimum Gasteiger partial charge on any atom is -0.504 e.